The Balaban J connectivity index is 1.67. The van der Waals surface area contributed by atoms with Gasteiger partial charge >= 0.3 is 0 Å². The van der Waals surface area contributed by atoms with Crippen LogP contribution in [0.3, 0.4) is 0 Å². The SMILES string of the molecule is C[C@H](C(=O)NCCC[C@H]1CCC[C@H]1O)c1ccccc1. The molecule has 20 heavy (non-hydrogen) atoms. The lowest BCUT2D eigenvalue weighted by atomic mass is 9.99. The summed E-state index contributed by atoms with van der Waals surface area (Å²) in [4.78, 5) is 12.0. The van der Waals surface area contributed by atoms with Crippen molar-refractivity contribution in [3.05, 3.63) is 35.9 Å². The predicted octanol–water partition coefficient (Wildman–Crippen LogP) is 2.85. The molecule has 3 nitrogen and oxygen atoms in total. The highest BCUT2D eigenvalue weighted by Crippen LogP contribution is 2.28. The molecule has 0 heterocycles. The van der Waals surface area contributed by atoms with Crippen LogP contribution in [0.5, 0.6) is 0 Å². The van der Waals surface area contributed by atoms with E-state index in [9.17, 15) is 9.90 Å². The Kier molecular flexibility index (Phi) is 5.60. The summed E-state index contributed by atoms with van der Waals surface area (Å²) in [6.45, 7) is 2.64. The Labute approximate surface area is 121 Å². The van der Waals surface area contributed by atoms with Crippen molar-refractivity contribution in [1.82, 2.24) is 5.32 Å². The fourth-order valence-corrected chi connectivity index (χ4v) is 2.98. The summed E-state index contributed by atoms with van der Waals surface area (Å²) in [5, 5.41) is 12.7. The first-order valence-corrected chi connectivity index (χ1v) is 7.69. The zero-order valence-electron chi connectivity index (χ0n) is 12.2. The lowest BCUT2D eigenvalue weighted by Gasteiger charge is -2.15. The van der Waals surface area contributed by atoms with E-state index in [0.29, 0.717) is 12.5 Å². The Morgan fingerprint density at radius 2 is 2.10 bits per heavy atom. The smallest absolute Gasteiger partial charge is 0.227 e. The summed E-state index contributed by atoms with van der Waals surface area (Å²) in [7, 11) is 0. The van der Waals surface area contributed by atoms with E-state index < -0.39 is 0 Å². The van der Waals surface area contributed by atoms with Gasteiger partial charge in [-0.1, -0.05) is 36.8 Å². The van der Waals surface area contributed by atoms with E-state index in [1.165, 1.54) is 0 Å². The third kappa shape index (κ3) is 4.07. The van der Waals surface area contributed by atoms with Gasteiger partial charge in [0, 0.05) is 6.54 Å². The molecule has 2 N–H and O–H groups in total. The number of carbonyl (C=O) groups excluding carboxylic acids is 1. The lowest BCUT2D eigenvalue weighted by Crippen LogP contribution is -2.29. The molecule has 3 heteroatoms. The molecule has 3 atom stereocenters. The number of benzene rings is 1. The Bertz CT molecular complexity index is 418. The lowest BCUT2D eigenvalue weighted by molar-refractivity contribution is -0.122. The standard InChI is InChI=1S/C17H25NO2/c1-13(14-7-3-2-4-8-14)17(20)18-12-6-10-15-9-5-11-16(15)19/h2-4,7-8,13,15-16,19H,5-6,9-12H2,1H3,(H,18,20)/t13-,15+,16+/m0/s1. The number of aliphatic hydroxyl groups excluding tert-OH is 1. The molecule has 0 unspecified atom stereocenters. The van der Waals surface area contributed by atoms with Gasteiger partial charge in [-0.2, -0.15) is 0 Å². The van der Waals surface area contributed by atoms with Gasteiger partial charge in [-0.25, -0.2) is 0 Å². The topological polar surface area (TPSA) is 49.3 Å². The van der Waals surface area contributed by atoms with Crippen LogP contribution in [-0.2, 0) is 4.79 Å². The zero-order chi connectivity index (χ0) is 14.4. The first-order chi connectivity index (χ1) is 9.68. The highest BCUT2D eigenvalue weighted by atomic mass is 16.3. The Morgan fingerprint density at radius 3 is 2.75 bits per heavy atom. The fourth-order valence-electron chi connectivity index (χ4n) is 2.98. The molecule has 2 rings (SSSR count). The van der Waals surface area contributed by atoms with Gasteiger partial charge in [-0.15, -0.1) is 0 Å². The minimum atomic E-state index is -0.117. The molecule has 1 saturated carbocycles. The monoisotopic (exact) mass is 275 g/mol. The number of aliphatic hydroxyl groups is 1. The summed E-state index contributed by atoms with van der Waals surface area (Å²) in [6.07, 6.45) is 5.07. The number of carbonyl (C=O) groups is 1. The van der Waals surface area contributed by atoms with Crippen LogP contribution in [0.1, 0.15) is 50.5 Å². The van der Waals surface area contributed by atoms with Gasteiger partial charge in [0.2, 0.25) is 5.91 Å². The van der Waals surface area contributed by atoms with Crippen LogP contribution in [0, 0.1) is 5.92 Å². The van der Waals surface area contributed by atoms with Crippen molar-refractivity contribution < 1.29 is 9.90 Å². The number of hydrogen-bond acceptors (Lipinski definition) is 2. The van der Waals surface area contributed by atoms with Gasteiger partial charge in [0.25, 0.3) is 0 Å². The van der Waals surface area contributed by atoms with Crippen molar-refractivity contribution >= 4 is 5.91 Å². The average molecular weight is 275 g/mol. The molecule has 1 amide bonds. The molecular weight excluding hydrogens is 250 g/mol. The van der Waals surface area contributed by atoms with Crippen molar-refractivity contribution in [1.29, 1.82) is 0 Å². The highest BCUT2D eigenvalue weighted by Gasteiger charge is 2.24. The van der Waals surface area contributed by atoms with E-state index >= 15 is 0 Å². The van der Waals surface area contributed by atoms with E-state index in [0.717, 1.165) is 37.7 Å². The van der Waals surface area contributed by atoms with Crippen LogP contribution >= 0.6 is 0 Å². The second kappa shape index (κ2) is 7.44. The number of nitrogens with one attached hydrogen (secondary N) is 1. The largest absolute Gasteiger partial charge is 0.393 e. The zero-order valence-corrected chi connectivity index (χ0v) is 12.2. The summed E-state index contributed by atoms with van der Waals surface area (Å²) < 4.78 is 0. The highest BCUT2D eigenvalue weighted by molar-refractivity contribution is 5.83. The van der Waals surface area contributed by atoms with Crippen molar-refractivity contribution in [3.63, 3.8) is 0 Å². The van der Waals surface area contributed by atoms with Crippen LogP contribution in [0.25, 0.3) is 0 Å². The molecule has 1 fully saturated rings. The van der Waals surface area contributed by atoms with Crippen LogP contribution in [0.2, 0.25) is 0 Å². The molecule has 1 aromatic carbocycles. The predicted molar refractivity (Wildman–Crippen MR) is 80.4 cm³/mol. The number of hydrogen-bond donors (Lipinski definition) is 2. The molecule has 1 aromatic rings. The first kappa shape index (κ1) is 15.0. The second-order valence-electron chi connectivity index (χ2n) is 5.82. The van der Waals surface area contributed by atoms with Gasteiger partial charge in [-0.3, -0.25) is 4.79 Å². The minimum absolute atomic E-state index is 0.0863. The van der Waals surface area contributed by atoms with Crippen LogP contribution in [0.15, 0.2) is 30.3 Å². The maximum Gasteiger partial charge on any atom is 0.227 e. The van der Waals surface area contributed by atoms with E-state index in [4.69, 9.17) is 0 Å². The van der Waals surface area contributed by atoms with Crippen LogP contribution in [-0.4, -0.2) is 23.7 Å². The van der Waals surface area contributed by atoms with Gasteiger partial charge in [0.05, 0.1) is 12.0 Å². The third-order valence-electron chi connectivity index (χ3n) is 4.36. The Hall–Kier alpha value is -1.35. The third-order valence-corrected chi connectivity index (χ3v) is 4.36. The molecule has 1 aliphatic rings. The van der Waals surface area contributed by atoms with Crippen molar-refractivity contribution in [2.75, 3.05) is 6.54 Å². The molecule has 0 bridgehead atoms. The molecular formula is C17H25NO2. The maximum absolute atomic E-state index is 12.0. The number of rotatable bonds is 6. The summed E-state index contributed by atoms with van der Waals surface area (Å²) in [6, 6.07) is 9.85. The number of amides is 1. The van der Waals surface area contributed by atoms with Crippen molar-refractivity contribution in [2.45, 2.75) is 51.0 Å². The quantitative estimate of drug-likeness (QED) is 0.784. The van der Waals surface area contributed by atoms with Gasteiger partial charge < -0.3 is 10.4 Å². The fraction of sp³-hybridized carbons (Fsp3) is 0.588. The van der Waals surface area contributed by atoms with Crippen LogP contribution < -0.4 is 5.32 Å². The molecule has 0 saturated heterocycles. The van der Waals surface area contributed by atoms with Gasteiger partial charge in [0.1, 0.15) is 0 Å². The van der Waals surface area contributed by atoms with Gasteiger partial charge in [0.15, 0.2) is 0 Å². The minimum Gasteiger partial charge on any atom is -0.393 e. The van der Waals surface area contributed by atoms with E-state index in [1.807, 2.05) is 37.3 Å². The average Bonchev–Trinajstić information content (AvgIpc) is 2.89. The summed E-state index contributed by atoms with van der Waals surface area (Å²) in [5.74, 6) is 0.426. The molecule has 0 spiro atoms. The molecule has 0 radical (unpaired) electrons. The van der Waals surface area contributed by atoms with Gasteiger partial charge in [-0.05, 0) is 44.1 Å². The first-order valence-electron chi connectivity index (χ1n) is 7.69. The molecule has 0 aromatic heterocycles. The second-order valence-corrected chi connectivity index (χ2v) is 5.82. The van der Waals surface area contributed by atoms with E-state index in [-0.39, 0.29) is 17.9 Å². The van der Waals surface area contributed by atoms with Crippen molar-refractivity contribution in [2.24, 2.45) is 5.92 Å². The maximum atomic E-state index is 12.0. The summed E-state index contributed by atoms with van der Waals surface area (Å²) in [5.41, 5.74) is 1.05. The van der Waals surface area contributed by atoms with Crippen LogP contribution in [0.4, 0.5) is 0 Å². The normalized spacial score (nSPS) is 23.5. The van der Waals surface area contributed by atoms with E-state index in [2.05, 4.69) is 5.32 Å². The molecule has 0 aliphatic heterocycles. The molecule has 1 aliphatic carbocycles. The molecule has 110 valence electrons. The van der Waals surface area contributed by atoms with Crippen molar-refractivity contribution in [3.8, 4) is 0 Å². The summed E-state index contributed by atoms with van der Waals surface area (Å²) >= 11 is 0. The Morgan fingerprint density at radius 1 is 1.35 bits per heavy atom. The van der Waals surface area contributed by atoms with E-state index in [1.54, 1.807) is 0 Å².